The summed E-state index contributed by atoms with van der Waals surface area (Å²) in [7, 11) is 1.61. The Bertz CT molecular complexity index is 494. The van der Waals surface area contributed by atoms with Gasteiger partial charge < -0.3 is 15.2 Å². The van der Waals surface area contributed by atoms with Crippen molar-refractivity contribution in [2.45, 2.75) is 38.1 Å². The van der Waals surface area contributed by atoms with Crippen LogP contribution in [-0.4, -0.2) is 30.1 Å². The van der Waals surface area contributed by atoms with E-state index in [1.165, 1.54) is 0 Å². The lowest BCUT2D eigenvalue weighted by Gasteiger charge is -2.16. The Morgan fingerprint density at radius 3 is 2.52 bits per heavy atom. The summed E-state index contributed by atoms with van der Waals surface area (Å²) in [6.07, 6.45) is 3.04. The Balaban J connectivity index is 1.78. The molecule has 0 radical (unpaired) electrons. The summed E-state index contributed by atoms with van der Waals surface area (Å²) in [6, 6.07) is 7.38. The standard InChI is InChI=1S/C16H21NO4/c1-21-13-7-2-11(3-8-13)4-9-15(18)17-14(10-16(19)20)12-5-6-12/h2-3,7-8,12,14H,4-6,9-10H2,1H3,(H,17,18)(H,19,20). The zero-order valence-electron chi connectivity index (χ0n) is 12.2. The molecule has 1 atom stereocenters. The first-order valence-electron chi connectivity index (χ1n) is 7.22. The highest BCUT2D eigenvalue weighted by atomic mass is 16.5. The van der Waals surface area contributed by atoms with E-state index in [0.29, 0.717) is 18.8 Å². The summed E-state index contributed by atoms with van der Waals surface area (Å²) >= 11 is 0. The molecule has 2 rings (SSSR count). The van der Waals surface area contributed by atoms with Gasteiger partial charge in [0.1, 0.15) is 5.75 Å². The number of methoxy groups -OCH3 is 1. The number of carboxylic acid groups (broad SMARTS) is 1. The zero-order valence-corrected chi connectivity index (χ0v) is 12.2. The molecule has 1 amide bonds. The summed E-state index contributed by atoms with van der Waals surface area (Å²) in [5, 5.41) is 11.7. The molecule has 0 aromatic heterocycles. The van der Waals surface area contributed by atoms with Crippen molar-refractivity contribution in [3.8, 4) is 5.75 Å². The van der Waals surface area contributed by atoms with Crippen LogP contribution in [0.5, 0.6) is 5.75 Å². The molecule has 0 aliphatic heterocycles. The fraction of sp³-hybridized carbons (Fsp3) is 0.500. The molecule has 1 aromatic carbocycles. The molecule has 1 unspecified atom stereocenters. The van der Waals surface area contributed by atoms with E-state index in [2.05, 4.69) is 5.32 Å². The smallest absolute Gasteiger partial charge is 0.305 e. The lowest BCUT2D eigenvalue weighted by Crippen LogP contribution is -2.38. The van der Waals surface area contributed by atoms with Crippen LogP contribution >= 0.6 is 0 Å². The van der Waals surface area contributed by atoms with Gasteiger partial charge in [0.05, 0.1) is 13.5 Å². The third kappa shape index (κ3) is 5.10. The number of carbonyl (C=O) groups excluding carboxylic acids is 1. The van der Waals surface area contributed by atoms with Gasteiger partial charge in [-0.3, -0.25) is 9.59 Å². The van der Waals surface area contributed by atoms with Crippen molar-refractivity contribution in [1.29, 1.82) is 0 Å². The minimum atomic E-state index is -0.859. The van der Waals surface area contributed by atoms with Crippen molar-refractivity contribution in [2.75, 3.05) is 7.11 Å². The van der Waals surface area contributed by atoms with E-state index >= 15 is 0 Å². The molecular formula is C16H21NO4. The third-order valence-electron chi connectivity index (χ3n) is 3.73. The van der Waals surface area contributed by atoms with Crippen LogP contribution in [0.4, 0.5) is 0 Å². The lowest BCUT2D eigenvalue weighted by atomic mass is 10.1. The van der Waals surface area contributed by atoms with Gasteiger partial charge in [-0.15, -0.1) is 0 Å². The first-order valence-corrected chi connectivity index (χ1v) is 7.22. The summed E-state index contributed by atoms with van der Waals surface area (Å²) < 4.78 is 5.08. The molecule has 0 spiro atoms. The average Bonchev–Trinajstić information content (AvgIpc) is 3.29. The van der Waals surface area contributed by atoms with Crippen LogP contribution < -0.4 is 10.1 Å². The molecule has 1 aliphatic rings. The number of carbonyl (C=O) groups is 2. The number of rotatable bonds is 8. The van der Waals surface area contributed by atoms with Gasteiger partial charge in [-0.2, -0.15) is 0 Å². The summed E-state index contributed by atoms with van der Waals surface area (Å²) in [6.45, 7) is 0. The second-order valence-electron chi connectivity index (χ2n) is 5.46. The Morgan fingerprint density at radius 1 is 1.33 bits per heavy atom. The molecule has 5 heteroatoms. The molecule has 0 saturated heterocycles. The average molecular weight is 291 g/mol. The zero-order chi connectivity index (χ0) is 15.2. The van der Waals surface area contributed by atoms with E-state index in [-0.39, 0.29) is 18.4 Å². The minimum absolute atomic E-state index is 0.0128. The molecule has 114 valence electrons. The number of nitrogens with one attached hydrogen (secondary N) is 1. The highest BCUT2D eigenvalue weighted by molar-refractivity contribution is 5.77. The van der Waals surface area contributed by atoms with E-state index < -0.39 is 5.97 Å². The number of hydrogen-bond donors (Lipinski definition) is 2. The minimum Gasteiger partial charge on any atom is -0.497 e. The van der Waals surface area contributed by atoms with Crippen molar-refractivity contribution in [1.82, 2.24) is 5.32 Å². The molecule has 1 saturated carbocycles. The number of ether oxygens (including phenoxy) is 1. The van der Waals surface area contributed by atoms with Crippen molar-refractivity contribution in [2.24, 2.45) is 5.92 Å². The van der Waals surface area contributed by atoms with E-state index in [4.69, 9.17) is 9.84 Å². The molecule has 0 heterocycles. The largest absolute Gasteiger partial charge is 0.497 e. The maximum Gasteiger partial charge on any atom is 0.305 e. The van der Waals surface area contributed by atoms with Crippen molar-refractivity contribution in [3.05, 3.63) is 29.8 Å². The molecule has 1 fully saturated rings. The highest BCUT2D eigenvalue weighted by Gasteiger charge is 2.33. The van der Waals surface area contributed by atoms with Crippen LogP contribution in [0.2, 0.25) is 0 Å². The van der Waals surface area contributed by atoms with Crippen LogP contribution in [0.25, 0.3) is 0 Å². The topological polar surface area (TPSA) is 75.6 Å². The van der Waals surface area contributed by atoms with Crippen LogP contribution in [0, 0.1) is 5.92 Å². The van der Waals surface area contributed by atoms with Gasteiger partial charge in [0, 0.05) is 12.5 Å². The van der Waals surface area contributed by atoms with Crippen LogP contribution in [-0.2, 0) is 16.0 Å². The second kappa shape index (κ2) is 7.11. The maximum absolute atomic E-state index is 11.9. The molecule has 1 aliphatic carbocycles. The fourth-order valence-corrected chi connectivity index (χ4v) is 2.35. The normalized spacial score (nSPS) is 15.3. The summed E-state index contributed by atoms with van der Waals surface area (Å²) in [5.41, 5.74) is 1.06. The molecule has 5 nitrogen and oxygen atoms in total. The molecule has 0 bridgehead atoms. The van der Waals surface area contributed by atoms with Crippen molar-refractivity contribution >= 4 is 11.9 Å². The molecule has 1 aromatic rings. The maximum atomic E-state index is 11.9. The molecule has 21 heavy (non-hydrogen) atoms. The van der Waals surface area contributed by atoms with Gasteiger partial charge in [-0.1, -0.05) is 12.1 Å². The van der Waals surface area contributed by atoms with E-state index in [0.717, 1.165) is 24.2 Å². The van der Waals surface area contributed by atoms with Crippen molar-refractivity contribution in [3.63, 3.8) is 0 Å². The number of hydrogen-bond acceptors (Lipinski definition) is 3. The quantitative estimate of drug-likeness (QED) is 0.768. The monoisotopic (exact) mass is 291 g/mol. The Labute approximate surface area is 124 Å². The predicted octanol–water partition coefficient (Wildman–Crippen LogP) is 2.00. The van der Waals surface area contributed by atoms with E-state index in [1.54, 1.807) is 7.11 Å². The summed E-state index contributed by atoms with van der Waals surface area (Å²) in [5.74, 6) is 0.191. The van der Waals surface area contributed by atoms with Crippen LogP contribution in [0.15, 0.2) is 24.3 Å². The Hall–Kier alpha value is -2.04. The lowest BCUT2D eigenvalue weighted by molar-refractivity contribution is -0.137. The first kappa shape index (κ1) is 15.4. The Kier molecular flexibility index (Phi) is 5.20. The van der Waals surface area contributed by atoms with E-state index in [1.807, 2.05) is 24.3 Å². The Morgan fingerprint density at radius 2 is 2.00 bits per heavy atom. The number of amides is 1. The predicted molar refractivity (Wildman–Crippen MR) is 78.2 cm³/mol. The van der Waals surface area contributed by atoms with E-state index in [9.17, 15) is 9.59 Å². The van der Waals surface area contributed by atoms with Crippen LogP contribution in [0.3, 0.4) is 0 Å². The van der Waals surface area contributed by atoms with Gasteiger partial charge in [-0.25, -0.2) is 0 Å². The number of aryl methyl sites for hydroxylation is 1. The van der Waals surface area contributed by atoms with Gasteiger partial charge in [0.2, 0.25) is 5.91 Å². The second-order valence-corrected chi connectivity index (χ2v) is 5.46. The number of aliphatic carboxylic acids is 1. The van der Waals surface area contributed by atoms with Gasteiger partial charge >= 0.3 is 5.97 Å². The molecule has 2 N–H and O–H groups in total. The molecular weight excluding hydrogens is 270 g/mol. The highest BCUT2D eigenvalue weighted by Crippen LogP contribution is 2.34. The number of carboxylic acids is 1. The van der Waals surface area contributed by atoms with Gasteiger partial charge in [0.25, 0.3) is 0 Å². The fourth-order valence-electron chi connectivity index (χ4n) is 2.35. The number of benzene rings is 1. The van der Waals surface area contributed by atoms with Gasteiger partial charge in [-0.05, 0) is 42.9 Å². The van der Waals surface area contributed by atoms with Gasteiger partial charge in [0.15, 0.2) is 0 Å². The first-order chi connectivity index (χ1) is 10.1. The third-order valence-corrected chi connectivity index (χ3v) is 3.73. The van der Waals surface area contributed by atoms with Crippen LogP contribution in [0.1, 0.15) is 31.2 Å². The SMILES string of the molecule is COc1ccc(CCC(=O)NC(CC(=O)O)C2CC2)cc1. The van der Waals surface area contributed by atoms with Crippen molar-refractivity contribution < 1.29 is 19.4 Å². The summed E-state index contributed by atoms with van der Waals surface area (Å²) in [4.78, 5) is 22.7.